The highest BCUT2D eigenvalue weighted by atomic mass is 32.2. The van der Waals surface area contributed by atoms with Gasteiger partial charge in [-0.15, -0.1) is 0 Å². The van der Waals surface area contributed by atoms with Gasteiger partial charge >= 0.3 is 5.97 Å². The van der Waals surface area contributed by atoms with Gasteiger partial charge in [0.25, 0.3) is 0 Å². The van der Waals surface area contributed by atoms with Crippen LogP contribution in [0.15, 0.2) is 102 Å². The fourth-order valence-corrected chi connectivity index (χ4v) is 5.55. The Labute approximate surface area is 244 Å². The molecule has 0 aliphatic carbocycles. The molecule has 4 rings (SSSR count). The third-order valence-corrected chi connectivity index (χ3v) is 8.12. The highest BCUT2D eigenvalue weighted by molar-refractivity contribution is 7.89. The van der Waals surface area contributed by atoms with Crippen LogP contribution < -0.4 is 9.46 Å². The summed E-state index contributed by atoms with van der Waals surface area (Å²) >= 11 is 0. The van der Waals surface area contributed by atoms with Crippen LogP contribution in [0.3, 0.4) is 0 Å². The van der Waals surface area contributed by atoms with Crippen molar-refractivity contribution in [3.05, 3.63) is 114 Å². The summed E-state index contributed by atoms with van der Waals surface area (Å²) in [5.74, 6) is -1.53. The first-order valence-electron chi connectivity index (χ1n) is 13.4. The van der Waals surface area contributed by atoms with Crippen molar-refractivity contribution < 1.29 is 27.9 Å². The van der Waals surface area contributed by atoms with E-state index in [0.717, 1.165) is 16.9 Å². The van der Waals surface area contributed by atoms with E-state index in [1.165, 1.54) is 23.0 Å². The van der Waals surface area contributed by atoms with E-state index >= 15 is 0 Å². The molecule has 4 aromatic rings. The van der Waals surface area contributed by atoms with Crippen LogP contribution in [-0.4, -0.2) is 46.8 Å². The SMILES string of the molecule is CCC(C(=N)C(=O)Cc1ccc(COc2ccccc2)cc1)c1ccn(CC(NS(=O)(=O)c2ccccc2)C(=O)O)n1. The minimum atomic E-state index is -4.07. The first-order valence-corrected chi connectivity index (χ1v) is 14.9. The number of benzene rings is 3. The van der Waals surface area contributed by atoms with Gasteiger partial charge in [-0.2, -0.15) is 9.82 Å². The molecule has 0 amide bonds. The summed E-state index contributed by atoms with van der Waals surface area (Å²) in [6, 6.07) is 24.6. The van der Waals surface area contributed by atoms with Crippen molar-refractivity contribution >= 4 is 27.5 Å². The lowest BCUT2D eigenvalue weighted by Crippen LogP contribution is -2.43. The topological polar surface area (TPSA) is 151 Å². The summed E-state index contributed by atoms with van der Waals surface area (Å²) in [6.07, 6.45) is 2.00. The summed E-state index contributed by atoms with van der Waals surface area (Å²) in [6.45, 7) is 1.95. The number of carboxylic acids is 1. The van der Waals surface area contributed by atoms with Crippen molar-refractivity contribution in [1.29, 1.82) is 5.41 Å². The zero-order valence-corrected chi connectivity index (χ0v) is 23.8. The van der Waals surface area contributed by atoms with Gasteiger partial charge in [0, 0.05) is 18.5 Å². The number of ketones is 1. The molecular formula is C31H32N4O6S. The maximum atomic E-state index is 13.0. The van der Waals surface area contributed by atoms with Gasteiger partial charge in [0.1, 0.15) is 18.4 Å². The number of para-hydroxylation sites is 1. The second kappa shape index (κ2) is 13.8. The third-order valence-electron chi connectivity index (χ3n) is 6.63. The predicted octanol–water partition coefficient (Wildman–Crippen LogP) is 4.22. The molecule has 0 aliphatic heterocycles. The Morgan fingerprint density at radius 1 is 0.952 bits per heavy atom. The number of hydrogen-bond donors (Lipinski definition) is 3. The number of hydrogen-bond acceptors (Lipinski definition) is 7. The van der Waals surface area contributed by atoms with Crippen LogP contribution in [0.2, 0.25) is 0 Å². The summed E-state index contributed by atoms with van der Waals surface area (Å²) in [7, 11) is -4.07. The molecule has 42 heavy (non-hydrogen) atoms. The minimum absolute atomic E-state index is 0.0504. The van der Waals surface area contributed by atoms with Gasteiger partial charge < -0.3 is 15.3 Å². The average Bonchev–Trinajstić information content (AvgIpc) is 3.45. The normalized spacial score (nSPS) is 12.8. The molecule has 11 heteroatoms. The Bertz CT molecular complexity index is 1620. The predicted molar refractivity (Wildman–Crippen MR) is 157 cm³/mol. The van der Waals surface area contributed by atoms with Gasteiger partial charge in [-0.1, -0.05) is 67.6 Å². The minimum Gasteiger partial charge on any atom is -0.489 e. The number of carbonyl (C=O) groups is 2. The monoisotopic (exact) mass is 588 g/mol. The molecular weight excluding hydrogens is 556 g/mol. The molecule has 0 spiro atoms. The molecule has 2 unspecified atom stereocenters. The molecule has 0 bridgehead atoms. The van der Waals surface area contributed by atoms with E-state index in [1.54, 1.807) is 24.3 Å². The van der Waals surface area contributed by atoms with Crippen LogP contribution in [0.1, 0.15) is 36.1 Å². The van der Waals surface area contributed by atoms with Gasteiger partial charge in [0.2, 0.25) is 10.0 Å². The van der Waals surface area contributed by atoms with Crippen LogP contribution in [0, 0.1) is 5.41 Å². The van der Waals surface area contributed by atoms with E-state index in [2.05, 4.69) is 9.82 Å². The van der Waals surface area contributed by atoms with Crippen LogP contribution in [0.4, 0.5) is 0 Å². The van der Waals surface area contributed by atoms with Gasteiger partial charge in [-0.3, -0.25) is 14.3 Å². The summed E-state index contributed by atoms with van der Waals surface area (Å²) < 4.78 is 34.6. The second-order valence-electron chi connectivity index (χ2n) is 9.68. The van der Waals surface area contributed by atoms with E-state index in [-0.39, 0.29) is 29.4 Å². The van der Waals surface area contributed by atoms with Crippen molar-refractivity contribution in [2.45, 2.75) is 49.8 Å². The highest BCUT2D eigenvalue weighted by Gasteiger charge is 2.28. The fourth-order valence-electron chi connectivity index (χ4n) is 4.35. The zero-order chi connectivity index (χ0) is 30.1. The molecule has 0 aliphatic rings. The van der Waals surface area contributed by atoms with Crippen LogP contribution in [0.5, 0.6) is 5.75 Å². The maximum absolute atomic E-state index is 13.0. The molecule has 3 N–H and O–H groups in total. The fraction of sp³-hybridized carbons (Fsp3) is 0.226. The average molecular weight is 589 g/mol. The molecule has 0 saturated carbocycles. The number of Topliss-reactive ketones (excluding diaryl/α,β-unsaturated/α-hetero) is 1. The quantitative estimate of drug-likeness (QED) is 0.176. The largest absolute Gasteiger partial charge is 0.489 e. The summed E-state index contributed by atoms with van der Waals surface area (Å²) in [4.78, 5) is 24.8. The number of carboxylic acid groups (broad SMARTS) is 1. The Balaban J connectivity index is 1.36. The molecule has 1 aromatic heterocycles. The molecule has 0 radical (unpaired) electrons. The number of aromatic nitrogens is 2. The van der Waals surface area contributed by atoms with E-state index < -0.39 is 28.0 Å². The molecule has 10 nitrogen and oxygen atoms in total. The number of rotatable bonds is 15. The molecule has 0 fully saturated rings. The van der Waals surface area contributed by atoms with Crippen molar-refractivity contribution in [1.82, 2.24) is 14.5 Å². The van der Waals surface area contributed by atoms with Crippen molar-refractivity contribution in [2.75, 3.05) is 0 Å². The number of ether oxygens (including phenoxy) is 1. The van der Waals surface area contributed by atoms with E-state index in [4.69, 9.17) is 10.1 Å². The third kappa shape index (κ3) is 7.99. The van der Waals surface area contributed by atoms with E-state index in [9.17, 15) is 23.1 Å². The second-order valence-corrected chi connectivity index (χ2v) is 11.4. The van der Waals surface area contributed by atoms with Gasteiger partial charge in [-0.05, 0) is 47.9 Å². The lowest BCUT2D eigenvalue weighted by atomic mass is 9.91. The molecule has 1 heterocycles. The standard InChI is InChI=1S/C31H32N4O6S/c1-2-26(30(32)29(36)19-22-13-15-23(16-14-22)21-41-24-9-5-3-6-10-24)27-17-18-35(33-27)20-28(31(37)38)34-42(39,40)25-11-7-4-8-12-25/h3-18,26,28,32,34H,2,19-21H2,1H3,(H,37,38). The lowest BCUT2D eigenvalue weighted by Gasteiger charge is -2.16. The Kier molecular flexibility index (Phi) is 10.00. The summed E-state index contributed by atoms with van der Waals surface area (Å²) in [5.41, 5.74) is 2.05. The number of aliphatic carboxylic acids is 1. The highest BCUT2D eigenvalue weighted by Crippen LogP contribution is 2.21. The van der Waals surface area contributed by atoms with Gasteiger partial charge in [0.05, 0.1) is 22.8 Å². The van der Waals surface area contributed by atoms with Crippen molar-refractivity contribution in [2.24, 2.45) is 0 Å². The number of sulfonamides is 1. The van der Waals surface area contributed by atoms with Crippen LogP contribution >= 0.6 is 0 Å². The molecule has 0 saturated heterocycles. The molecule has 2 atom stereocenters. The first kappa shape index (κ1) is 30.4. The lowest BCUT2D eigenvalue weighted by molar-refractivity contribution is -0.139. The summed E-state index contributed by atoms with van der Waals surface area (Å²) in [5, 5.41) is 22.6. The first-order chi connectivity index (χ1) is 20.2. The Morgan fingerprint density at radius 2 is 1.57 bits per heavy atom. The van der Waals surface area contributed by atoms with E-state index in [0.29, 0.717) is 18.7 Å². The van der Waals surface area contributed by atoms with Gasteiger partial charge in [-0.25, -0.2) is 8.42 Å². The Hall–Kier alpha value is -4.61. The van der Waals surface area contributed by atoms with Crippen LogP contribution in [0.25, 0.3) is 0 Å². The van der Waals surface area contributed by atoms with Crippen molar-refractivity contribution in [3.8, 4) is 5.75 Å². The van der Waals surface area contributed by atoms with Crippen LogP contribution in [-0.2, 0) is 39.2 Å². The number of nitrogens with zero attached hydrogens (tertiary/aromatic N) is 2. The molecule has 3 aromatic carbocycles. The smallest absolute Gasteiger partial charge is 0.323 e. The van der Waals surface area contributed by atoms with Gasteiger partial charge in [0.15, 0.2) is 5.78 Å². The molecule has 218 valence electrons. The van der Waals surface area contributed by atoms with E-state index in [1.807, 2.05) is 61.5 Å². The Morgan fingerprint density at radius 3 is 2.19 bits per heavy atom. The number of nitrogens with one attached hydrogen (secondary N) is 2. The number of carbonyl (C=O) groups excluding carboxylic acids is 1. The maximum Gasteiger partial charge on any atom is 0.323 e. The zero-order valence-electron chi connectivity index (χ0n) is 23.0. The van der Waals surface area contributed by atoms with Crippen molar-refractivity contribution in [3.63, 3.8) is 0 Å².